The van der Waals surface area contributed by atoms with Gasteiger partial charge in [-0.2, -0.15) is 0 Å². The number of rotatable bonds is 5. The van der Waals surface area contributed by atoms with Crippen molar-refractivity contribution >= 4 is 5.95 Å². The molecule has 0 radical (unpaired) electrons. The highest BCUT2D eigenvalue weighted by Crippen LogP contribution is 2.18. The van der Waals surface area contributed by atoms with Crippen molar-refractivity contribution in [1.82, 2.24) is 20.2 Å². The van der Waals surface area contributed by atoms with Crippen molar-refractivity contribution in [1.29, 1.82) is 0 Å². The molecule has 0 aliphatic carbocycles. The average molecular weight is 291 g/mol. The molecule has 1 saturated heterocycles. The van der Waals surface area contributed by atoms with E-state index in [2.05, 4.69) is 52.8 Å². The van der Waals surface area contributed by atoms with E-state index >= 15 is 0 Å². The summed E-state index contributed by atoms with van der Waals surface area (Å²) in [4.78, 5) is 13.9. The fourth-order valence-electron chi connectivity index (χ4n) is 2.59. The first kappa shape index (κ1) is 16.2. The lowest BCUT2D eigenvalue weighted by Gasteiger charge is -2.42. The van der Waals surface area contributed by atoms with Gasteiger partial charge in [0, 0.05) is 56.2 Å². The number of nitrogens with one attached hydrogen (secondary N) is 1. The third-order valence-corrected chi connectivity index (χ3v) is 3.96. The van der Waals surface area contributed by atoms with Crippen LogP contribution in [0.4, 0.5) is 5.95 Å². The van der Waals surface area contributed by atoms with Crippen LogP contribution in [-0.2, 0) is 6.54 Å². The number of aromatic nitrogens is 2. The fourth-order valence-corrected chi connectivity index (χ4v) is 2.59. The van der Waals surface area contributed by atoms with Gasteiger partial charge in [-0.1, -0.05) is 6.92 Å². The van der Waals surface area contributed by atoms with E-state index in [9.17, 15) is 0 Å². The molecule has 0 spiro atoms. The van der Waals surface area contributed by atoms with E-state index in [1.54, 1.807) is 0 Å². The molecule has 2 rings (SSSR count). The van der Waals surface area contributed by atoms with Crippen molar-refractivity contribution in [3.05, 3.63) is 18.0 Å². The summed E-state index contributed by atoms with van der Waals surface area (Å²) in [7, 11) is 0. The number of hydrogen-bond donors (Lipinski definition) is 1. The standard InChI is InChI=1S/C16H29N5/c1-5-6-17-11-14-12-18-15(19-13-14)20-7-9-21(10-8-20)16(2,3)4/h12-13,17H,5-11H2,1-4H3. The van der Waals surface area contributed by atoms with Crippen molar-refractivity contribution in [2.75, 3.05) is 37.6 Å². The van der Waals surface area contributed by atoms with E-state index in [4.69, 9.17) is 0 Å². The predicted molar refractivity (Wildman–Crippen MR) is 87.6 cm³/mol. The molecule has 1 aromatic rings. The molecule has 1 fully saturated rings. The summed E-state index contributed by atoms with van der Waals surface area (Å²) < 4.78 is 0. The molecular formula is C16H29N5. The third kappa shape index (κ3) is 4.64. The van der Waals surface area contributed by atoms with Crippen molar-refractivity contribution in [2.45, 2.75) is 46.2 Å². The number of nitrogens with zero attached hydrogens (tertiary/aromatic N) is 4. The van der Waals surface area contributed by atoms with Gasteiger partial charge in [0.25, 0.3) is 0 Å². The van der Waals surface area contributed by atoms with Gasteiger partial charge in [0.2, 0.25) is 5.95 Å². The van der Waals surface area contributed by atoms with Crippen LogP contribution < -0.4 is 10.2 Å². The second kappa shape index (κ2) is 7.18. The van der Waals surface area contributed by atoms with Gasteiger partial charge in [-0.25, -0.2) is 9.97 Å². The summed E-state index contributed by atoms with van der Waals surface area (Å²) in [5.74, 6) is 0.864. The monoisotopic (exact) mass is 291 g/mol. The largest absolute Gasteiger partial charge is 0.338 e. The fraction of sp³-hybridized carbons (Fsp3) is 0.750. The summed E-state index contributed by atoms with van der Waals surface area (Å²) in [6, 6.07) is 0. The molecule has 0 amide bonds. The molecule has 5 heteroatoms. The second-order valence-corrected chi connectivity index (χ2v) is 6.71. The van der Waals surface area contributed by atoms with Gasteiger partial charge in [-0.3, -0.25) is 4.90 Å². The highest BCUT2D eigenvalue weighted by Gasteiger charge is 2.26. The van der Waals surface area contributed by atoms with Gasteiger partial charge >= 0.3 is 0 Å². The zero-order chi connectivity index (χ0) is 15.3. The SMILES string of the molecule is CCCNCc1cnc(N2CCN(C(C)(C)C)CC2)nc1. The topological polar surface area (TPSA) is 44.3 Å². The molecule has 0 unspecified atom stereocenters. The van der Waals surface area contributed by atoms with Gasteiger partial charge in [-0.05, 0) is 33.7 Å². The van der Waals surface area contributed by atoms with Crippen molar-refractivity contribution in [3.63, 3.8) is 0 Å². The molecule has 0 bridgehead atoms. The Hall–Kier alpha value is -1.20. The van der Waals surface area contributed by atoms with E-state index in [0.29, 0.717) is 0 Å². The van der Waals surface area contributed by atoms with Gasteiger partial charge in [0.1, 0.15) is 0 Å². The molecule has 21 heavy (non-hydrogen) atoms. The normalized spacial score (nSPS) is 17.2. The van der Waals surface area contributed by atoms with Crippen LogP contribution in [0, 0.1) is 0 Å². The summed E-state index contributed by atoms with van der Waals surface area (Å²) in [5.41, 5.74) is 1.41. The van der Waals surface area contributed by atoms with Crippen molar-refractivity contribution in [2.24, 2.45) is 0 Å². The third-order valence-electron chi connectivity index (χ3n) is 3.96. The minimum atomic E-state index is 0.252. The molecular weight excluding hydrogens is 262 g/mol. The van der Waals surface area contributed by atoms with Crippen LogP contribution in [0.25, 0.3) is 0 Å². The average Bonchev–Trinajstić information content (AvgIpc) is 2.48. The number of anilines is 1. The molecule has 0 atom stereocenters. The van der Waals surface area contributed by atoms with E-state index < -0.39 is 0 Å². The Bertz CT molecular complexity index is 415. The Kier molecular flexibility index (Phi) is 5.53. The molecule has 0 aromatic carbocycles. The molecule has 1 aliphatic heterocycles. The Morgan fingerprint density at radius 1 is 1.10 bits per heavy atom. The van der Waals surface area contributed by atoms with Crippen LogP contribution >= 0.6 is 0 Å². The summed E-state index contributed by atoms with van der Waals surface area (Å²) in [6.07, 6.45) is 5.04. The zero-order valence-corrected chi connectivity index (χ0v) is 13.9. The molecule has 1 N–H and O–H groups in total. The van der Waals surface area contributed by atoms with Gasteiger partial charge in [0.05, 0.1) is 0 Å². The van der Waals surface area contributed by atoms with Gasteiger partial charge in [-0.15, -0.1) is 0 Å². The lowest BCUT2D eigenvalue weighted by Crippen LogP contribution is -2.53. The quantitative estimate of drug-likeness (QED) is 0.839. The Labute approximate surface area is 128 Å². The van der Waals surface area contributed by atoms with E-state index in [1.807, 2.05) is 12.4 Å². The maximum absolute atomic E-state index is 4.52. The van der Waals surface area contributed by atoms with E-state index in [0.717, 1.165) is 57.2 Å². The number of piperazine rings is 1. The van der Waals surface area contributed by atoms with Crippen molar-refractivity contribution in [3.8, 4) is 0 Å². The minimum absolute atomic E-state index is 0.252. The second-order valence-electron chi connectivity index (χ2n) is 6.71. The van der Waals surface area contributed by atoms with Crippen LogP contribution in [0.3, 0.4) is 0 Å². The first-order valence-electron chi connectivity index (χ1n) is 8.02. The van der Waals surface area contributed by atoms with Gasteiger partial charge in [0.15, 0.2) is 0 Å². The Morgan fingerprint density at radius 3 is 2.24 bits per heavy atom. The highest BCUT2D eigenvalue weighted by molar-refractivity contribution is 5.30. The smallest absolute Gasteiger partial charge is 0.225 e. The molecule has 118 valence electrons. The van der Waals surface area contributed by atoms with Crippen LogP contribution in [0.1, 0.15) is 39.7 Å². The Balaban J connectivity index is 1.86. The lowest BCUT2D eigenvalue weighted by atomic mass is 10.1. The van der Waals surface area contributed by atoms with E-state index in [1.165, 1.54) is 0 Å². The maximum Gasteiger partial charge on any atom is 0.225 e. The maximum atomic E-state index is 4.52. The number of hydrogen-bond acceptors (Lipinski definition) is 5. The van der Waals surface area contributed by atoms with Crippen LogP contribution in [0.5, 0.6) is 0 Å². The zero-order valence-electron chi connectivity index (χ0n) is 13.9. The first-order chi connectivity index (χ1) is 10.0. The molecule has 1 aromatic heterocycles. The van der Waals surface area contributed by atoms with Crippen LogP contribution in [-0.4, -0.2) is 53.1 Å². The Morgan fingerprint density at radius 2 is 1.71 bits per heavy atom. The lowest BCUT2D eigenvalue weighted by molar-refractivity contribution is 0.128. The summed E-state index contributed by atoms with van der Waals surface area (Å²) >= 11 is 0. The molecule has 2 heterocycles. The minimum Gasteiger partial charge on any atom is -0.338 e. The summed E-state index contributed by atoms with van der Waals surface area (Å²) in [5, 5.41) is 3.37. The van der Waals surface area contributed by atoms with Crippen molar-refractivity contribution < 1.29 is 0 Å². The van der Waals surface area contributed by atoms with Gasteiger partial charge < -0.3 is 10.2 Å². The molecule has 5 nitrogen and oxygen atoms in total. The highest BCUT2D eigenvalue weighted by atomic mass is 15.3. The predicted octanol–water partition coefficient (Wildman–Crippen LogP) is 1.90. The molecule has 0 saturated carbocycles. The van der Waals surface area contributed by atoms with E-state index in [-0.39, 0.29) is 5.54 Å². The van der Waals surface area contributed by atoms with Crippen LogP contribution in [0.15, 0.2) is 12.4 Å². The first-order valence-corrected chi connectivity index (χ1v) is 8.02. The summed E-state index contributed by atoms with van der Waals surface area (Å²) in [6.45, 7) is 15.0. The molecule has 1 aliphatic rings. The van der Waals surface area contributed by atoms with Crippen LogP contribution in [0.2, 0.25) is 0 Å².